The summed E-state index contributed by atoms with van der Waals surface area (Å²) in [6.45, 7) is 2.96. The molecule has 2 rings (SSSR count). The third-order valence-electron chi connectivity index (χ3n) is 2.27. The summed E-state index contributed by atoms with van der Waals surface area (Å²) in [6, 6.07) is 3.96. The molecule has 0 spiro atoms. The number of halogens is 1. The van der Waals surface area contributed by atoms with Crippen LogP contribution in [0.2, 0.25) is 0 Å². The molecule has 0 amide bonds. The van der Waals surface area contributed by atoms with Gasteiger partial charge in [0, 0.05) is 34.7 Å². The number of rotatable bonds is 5. The minimum absolute atomic E-state index is 0.920. The normalized spacial score (nSPS) is 10.5. The summed E-state index contributed by atoms with van der Waals surface area (Å²) in [5.74, 6) is 0.920. The number of hydrogen-bond acceptors (Lipinski definition) is 4. The molecule has 0 aliphatic heterocycles. The second-order valence-electron chi connectivity index (χ2n) is 3.77. The molecule has 0 bridgehead atoms. The van der Waals surface area contributed by atoms with Crippen molar-refractivity contribution in [1.82, 2.24) is 9.97 Å². The van der Waals surface area contributed by atoms with Crippen LogP contribution < -0.4 is 5.32 Å². The zero-order chi connectivity index (χ0) is 12.1. The molecule has 0 unspecified atom stereocenters. The van der Waals surface area contributed by atoms with E-state index >= 15 is 0 Å². The molecule has 17 heavy (non-hydrogen) atoms. The van der Waals surface area contributed by atoms with E-state index in [1.807, 2.05) is 19.1 Å². The molecule has 1 N–H and O–H groups in total. The van der Waals surface area contributed by atoms with Gasteiger partial charge in [0.15, 0.2) is 0 Å². The lowest BCUT2D eigenvalue weighted by atomic mass is 10.3. The van der Waals surface area contributed by atoms with Crippen molar-refractivity contribution >= 4 is 33.1 Å². The van der Waals surface area contributed by atoms with Crippen LogP contribution in [0, 0.1) is 6.92 Å². The zero-order valence-electron chi connectivity index (χ0n) is 9.61. The van der Waals surface area contributed by atoms with Crippen LogP contribution in [0.15, 0.2) is 28.2 Å². The van der Waals surface area contributed by atoms with E-state index in [2.05, 4.69) is 36.6 Å². The molecule has 0 atom stereocenters. The lowest BCUT2D eigenvalue weighted by Gasteiger charge is -2.04. The van der Waals surface area contributed by atoms with Crippen LogP contribution in [-0.2, 0) is 6.42 Å². The number of nitrogens with one attached hydrogen (secondary N) is 1. The summed E-state index contributed by atoms with van der Waals surface area (Å²) >= 11 is 5.10. The second-order valence-corrected chi connectivity index (χ2v) is 5.63. The second kappa shape index (κ2) is 6.12. The van der Waals surface area contributed by atoms with E-state index in [-0.39, 0.29) is 0 Å². The van der Waals surface area contributed by atoms with Gasteiger partial charge in [-0.3, -0.25) is 0 Å². The molecule has 0 aliphatic carbocycles. The first-order valence-electron chi connectivity index (χ1n) is 5.50. The van der Waals surface area contributed by atoms with Crippen LogP contribution in [0.4, 0.5) is 5.82 Å². The minimum atomic E-state index is 0.920. The fourth-order valence-corrected chi connectivity index (χ4v) is 2.51. The van der Waals surface area contributed by atoms with E-state index in [9.17, 15) is 0 Å². The number of thiazole rings is 1. The Morgan fingerprint density at radius 1 is 1.41 bits per heavy atom. The van der Waals surface area contributed by atoms with Crippen molar-refractivity contribution in [2.75, 3.05) is 11.9 Å². The summed E-state index contributed by atoms with van der Waals surface area (Å²) in [7, 11) is 0. The van der Waals surface area contributed by atoms with Crippen molar-refractivity contribution in [3.63, 3.8) is 0 Å². The summed E-state index contributed by atoms with van der Waals surface area (Å²) in [5.41, 5.74) is 1.12. The number of hydrogen-bond donors (Lipinski definition) is 1. The molecule has 2 heterocycles. The van der Waals surface area contributed by atoms with E-state index in [0.29, 0.717) is 0 Å². The SMILES string of the molecule is Cc1csc(CCCNc2ccc(Br)cn2)n1. The molecule has 3 nitrogen and oxygen atoms in total. The number of aromatic nitrogens is 2. The summed E-state index contributed by atoms with van der Waals surface area (Å²) < 4.78 is 1.00. The van der Waals surface area contributed by atoms with Crippen molar-refractivity contribution in [2.24, 2.45) is 0 Å². The van der Waals surface area contributed by atoms with E-state index in [1.54, 1.807) is 17.5 Å². The van der Waals surface area contributed by atoms with Gasteiger partial charge in [0.25, 0.3) is 0 Å². The Labute approximate surface area is 113 Å². The van der Waals surface area contributed by atoms with Crippen molar-refractivity contribution < 1.29 is 0 Å². The first kappa shape index (κ1) is 12.5. The van der Waals surface area contributed by atoms with Gasteiger partial charge in [0.1, 0.15) is 5.82 Å². The van der Waals surface area contributed by atoms with Gasteiger partial charge in [-0.05, 0) is 41.4 Å². The fourth-order valence-electron chi connectivity index (χ4n) is 1.45. The van der Waals surface area contributed by atoms with Crippen molar-refractivity contribution in [3.8, 4) is 0 Å². The van der Waals surface area contributed by atoms with E-state index in [4.69, 9.17) is 0 Å². The molecule has 0 saturated carbocycles. The van der Waals surface area contributed by atoms with Crippen LogP contribution in [0.1, 0.15) is 17.1 Å². The predicted molar refractivity (Wildman–Crippen MR) is 75.6 cm³/mol. The molecule has 2 aromatic heterocycles. The monoisotopic (exact) mass is 311 g/mol. The Balaban J connectivity index is 1.71. The maximum atomic E-state index is 4.44. The van der Waals surface area contributed by atoms with Gasteiger partial charge in [-0.2, -0.15) is 0 Å². The van der Waals surface area contributed by atoms with E-state index in [1.165, 1.54) is 5.01 Å². The van der Waals surface area contributed by atoms with Crippen LogP contribution in [-0.4, -0.2) is 16.5 Å². The van der Waals surface area contributed by atoms with Gasteiger partial charge in [-0.15, -0.1) is 11.3 Å². The third-order valence-corrected chi connectivity index (χ3v) is 3.76. The molecule has 0 aliphatic rings. The van der Waals surface area contributed by atoms with Crippen molar-refractivity contribution in [3.05, 3.63) is 38.9 Å². The topological polar surface area (TPSA) is 37.8 Å². The quantitative estimate of drug-likeness (QED) is 0.856. The van der Waals surface area contributed by atoms with Gasteiger partial charge < -0.3 is 5.32 Å². The van der Waals surface area contributed by atoms with E-state index in [0.717, 1.165) is 35.4 Å². The number of anilines is 1. The lowest BCUT2D eigenvalue weighted by molar-refractivity contribution is 0.848. The highest BCUT2D eigenvalue weighted by atomic mass is 79.9. The van der Waals surface area contributed by atoms with Gasteiger partial charge in [-0.1, -0.05) is 0 Å². The zero-order valence-corrected chi connectivity index (χ0v) is 12.0. The maximum absolute atomic E-state index is 4.44. The summed E-state index contributed by atoms with van der Waals surface area (Å²) in [5, 5.41) is 6.61. The van der Waals surface area contributed by atoms with Gasteiger partial charge in [0.05, 0.1) is 5.01 Å². The molecule has 5 heteroatoms. The largest absolute Gasteiger partial charge is 0.370 e. The summed E-state index contributed by atoms with van der Waals surface area (Å²) in [6.07, 6.45) is 3.90. The van der Waals surface area contributed by atoms with Gasteiger partial charge in [0.2, 0.25) is 0 Å². The molecule has 2 aromatic rings. The average molecular weight is 312 g/mol. The molecular formula is C12H14BrN3S. The molecular weight excluding hydrogens is 298 g/mol. The first-order valence-corrected chi connectivity index (χ1v) is 7.18. The number of pyridine rings is 1. The van der Waals surface area contributed by atoms with E-state index < -0.39 is 0 Å². The molecule has 0 saturated heterocycles. The van der Waals surface area contributed by atoms with Crippen molar-refractivity contribution in [2.45, 2.75) is 19.8 Å². The molecule has 90 valence electrons. The molecule has 0 radical (unpaired) electrons. The Kier molecular flexibility index (Phi) is 4.50. The smallest absolute Gasteiger partial charge is 0.125 e. The highest BCUT2D eigenvalue weighted by molar-refractivity contribution is 9.10. The number of nitrogens with zero attached hydrogens (tertiary/aromatic N) is 2. The maximum Gasteiger partial charge on any atom is 0.125 e. The van der Waals surface area contributed by atoms with Crippen LogP contribution >= 0.6 is 27.3 Å². The minimum Gasteiger partial charge on any atom is -0.370 e. The van der Waals surface area contributed by atoms with Gasteiger partial charge in [-0.25, -0.2) is 9.97 Å². The van der Waals surface area contributed by atoms with Gasteiger partial charge >= 0.3 is 0 Å². The van der Waals surface area contributed by atoms with Crippen LogP contribution in [0.25, 0.3) is 0 Å². The van der Waals surface area contributed by atoms with Crippen LogP contribution in [0.5, 0.6) is 0 Å². The van der Waals surface area contributed by atoms with Crippen LogP contribution in [0.3, 0.4) is 0 Å². The first-order chi connectivity index (χ1) is 8.24. The highest BCUT2D eigenvalue weighted by Gasteiger charge is 1.98. The fraction of sp³-hybridized carbons (Fsp3) is 0.333. The van der Waals surface area contributed by atoms with Crippen molar-refractivity contribution in [1.29, 1.82) is 0 Å². The lowest BCUT2D eigenvalue weighted by Crippen LogP contribution is -2.04. The summed E-state index contributed by atoms with van der Waals surface area (Å²) in [4.78, 5) is 8.69. The third kappa shape index (κ3) is 4.09. The Hall–Kier alpha value is -0.940. The molecule has 0 aromatic carbocycles. The molecule has 0 fully saturated rings. The Morgan fingerprint density at radius 3 is 2.94 bits per heavy atom. The Morgan fingerprint density at radius 2 is 2.29 bits per heavy atom. The Bertz CT molecular complexity index is 467. The highest BCUT2D eigenvalue weighted by Crippen LogP contribution is 2.12. The predicted octanol–water partition coefficient (Wildman–Crippen LogP) is 3.65. The standard InChI is InChI=1S/C12H14BrN3S/c1-9-8-17-12(16-9)3-2-6-14-11-5-4-10(13)7-15-11/h4-5,7-8H,2-3,6H2,1H3,(H,14,15). The number of aryl methyl sites for hydroxylation is 2. The average Bonchev–Trinajstić information content (AvgIpc) is 2.73.